The number of aryl methyl sites for hydroxylation is 1. The molecule has 25 heavy (non-hydrogen) atoms. The van der Waals surface area contributed by atoms with E-state index in [2.05, 4.69) is 73.0 Å². The highest BCUT2D eigenvalue weighted by atomic mass is 79.9. The Bertz CT molecular complexity index is 973. The second-order valence-corrected chi connectivity index (χ2v) is 6.88. The Labute approximate surface area is 154 Å². The number of benzene rings is 2. The molecule has 1 atom stereocenters. The second kappa shape index (κ2) is 6.64. The van der Waals surface area contributed by atoms with E-state index >= 15 is 0 Å². The van der Waals surface area contributed by atoms with Crippen LogP contribution in [0.25, 0.3) is 10.9 Å². The molecule has 3 aromatic rings. The highest BCUT2D eigenvalue weighted by Crippen LogP contribution is 2.21. The van der Waals surface area contributed by atoms with Gasteiger partial charge < -0.3 is 20.9 Å². The maximum Gasteiger partial charge on any atom is 0.195 e. The molecule has 1 aromatic heterocycles. The average Bonchev–Trinajstić information content (AvgIpc) is 2.94. The van der Waals surface area contributed by atoms with E-state index in [4.69, 9.17) is 0 Å². The molecule has 0 radical (unpaired) electrons. The van der Waals surface area contributed by atoms with Crippen LogP contribution in [0.1, 0.15) is 5.69 Å². The fourth-order valence-electron chi connectivity index (χ4n) is 2.83. The Morgan fingerprint density at radius 2 is 2.00 bits per heavy atom. The van der Waals surface area contributed by atoms with Gasteiger partial charge in [-0.25, -0.2) is 4.99 Å². The van der Waals surface area contributed by atoms with E-state index < -0.39 is 0 Å². The second-order valence-electron chi connectivity index (χ2n) is 5.96. The Kier molecular flexibility index (Phi) is 4.19. The minimum absolute atomic E-state index is 0.222. The maximum atomic E-state index is 4.42. The third-order valence-electron chi connectivity index (χ3n) is 3.93. The topological polar surface area (TPSA) is 64.2 Å². The number of aliphatic imine (C=N–C) groups is 1. The Hall–Kier alpha value is -2.73. The third-order valence-corrected chi connectivity index (χ3v) is 4.42. The fraction of sp³-hybridized carbons (Fsp3) is 0.105. The summed E-state index contributed by atoms with van der Waals surface area (Å²) in [5, 5.41) is 11.3. The summed E-state index contributed by atoms with van der Waals surface area (Å²) in [5.74, 6) is 0.897. The number of rotatable bonds is 4. The first-order chi connectivity index (χ1) is 12.2. The SMILES string of the molecule is Cc1cc2cc(NC3=CC=NC(Nc4cccc(Br)c4)N3)ccc2[nH]1. The standard InChI is InChI=1S/C19H18BrN5/c1-12-9-13-10-16(5-6-17(13)22-12)23-18-7-8-21-19(25-18)24-15-4-2-3-14(20)11-15/h2-11,19,22-25H,1H3. The smallest absolute Gasteiger partial charge is 0.195 e. The largest absolute Gasteiger partial charge is 0.359 e. The molecule has 0 bridgehead atoms. The fourth-order valence-corrected chi connectivity index (χ4v) is 3.23. The number of nitrogens with zero attached hydrogens (tertiary/aromatic N) is 1. The van der Waals surface area contributed by atoms with Crippen molar-refractivity contribution in [2.24, 2.45) is 4.99 Å². The van der Waals surface area contributed by atoms with Crippen LogP contribution < -0.4 is 16.0 Å². The zero-order valence-corrected chi connectivity index (χ0v) is 15.3. The van der Waals surface area contributed by atoms with Crippen molar-refractivity contribution in [2.45, 2.75) is 13.2 Å². The molecule has 1 aliphatic rings. The number of H-pyrrole nitrogens is 1. The summed E-state index contributed by atoms with van der Waals surface area (Å²) >= 11 is 3.48. The number of anilines is 2. The van der Waals surface area contributed by atoms with E-state index in [1.807, 2.05) is 30.3 Å². The summed E-state index contributed by atoms with van der Waals surface area (Å²) in [5.41, 5.74) is 4.33. The highest BCUT2D eigenvalue weighted by molar-refractivity contribution is 9.10. The Balaban J connectivity index is 1.45. The van der Waals surface area contributed by atoms with Gasteiger partial charge >= 0.3 is 0 Å². The van der Waals surface area contributed by atoms with Gasteiger partial charge in [-0.1, -0.05) is 22.0 Å². The minimum atomic E-state index is -0.222. The van der Waals surface area contributed by atoms with Crippen molar-refractivity contribution in [1.82, 2.24) is 10.3 Å². The number of halogens is 1. The number of aromatic nitrogens is 1. The van der Waals surface area contributed by atoms with Crippen LogP contribution in [-0.4, -0.2) is 17.5 Å². The maximum absolute atomic E-state index is 4.42. The van der Waals surface area contributed by atoms with Crippen LogP contribution in [-0.2, 0) is 0 Å². The van der Waals surface area contributed by atoms with Gasteiger partial charge in [0, 0.05) is 38.7 Å². The predicted octanol–water partition coefficient (Wildman–Crippen LogP) is 4.56. The molecule has 0 amide bonds. The van der Waals surface area contributed by atoms with Crippen LogP contribution in [0, 0.1) is 6.92 Å². The molecule has 0 spiro atoms. The molecule has 2 aromatic carbocycles. The molecule has 5 nitrogen and oxygen atoms in total. The van der Waals surface area contributed by atoms with Crippen molar-refractivity contribution < 1.29 is 0 Å². The van der Waals surface area contributed by atoms with Gasteiger partial charge in [0.2, 0.25) is 0 Å². The van der Waals surface area contributed by atoms with Gasteiger partial charge in [-0.15, -0.1) is 0 Å². The number of fused-ring (bicyclic) bond motifs is 1. The average molecular weight is 396 g/mol. The molecule has 2 heterocycles. The molecule has 0 fully saturated rings. The summed E-state index contributed by atoms with van der Waals surface area (Å²) in [4.78, 5) is 7.75. The van der Waals surface area contributed by atoms with E-state index in [-0.39, 0.29) is 6.29 Å². The molecule has 1 aliphatic heterocycles. The molecule has 126 valence electrons. The van der Waals surface area contributed by atoms with E-state index in [9.17, 15) is 0 Å². The van der Waals surface area contributed by atoms with E-state index in [0.717, 1.165) is 32.9 Å². The quantitative estimate of drug-likeness (QED) is 0.523. The number of hydrogen-bond acceptors (Lipinski definition) is 4. The van der Waals surface area contributed by atoms with Crippen molar-refractivity contribution in [1.29, 1.82) is 0 Å². The lowest BCUT2D eigenvalue weighted by Gasteiger charge is -2.23. The summed E-state index contributed by atoms with van der Waals surface area (Å²) in [6, 6.07) is 16.4. The van der Waals surface area contributed by atoms with Crippen LogP contribution in [0.2, 0.25) is 0 Å². The van der Waals surface area contributed by atoms with Crippen molar-refractivity contribution in [3.8, 4) is 0 Å². The molecular formula is C19H18BrN5. The molecule has 4 N–H and O–H groups in total. The lowest BCUT2D eigenvalue weighted by Crippen LogP contribution is -2.38. The lowest BCUT2D eigenvalue weighted by molar-refractivity contribution is 0.655. The predicted molar refractivity (Wildman–Crippen MR) is 108 cm³/mol. The van der Waals surface area contributed by atoms with Gasteiger partial charge in [0.15, 0.2) is 6.29 Å². The Morgan fingerprint density at radius 3 is 2.88 bits per heavy atom. The van der Waals surface area contributed by atoms with E-state index in [1.54, 1.807) is 6.21 Å². The van der Waals surface area contributed by atoms with Gasteiger partial charge in [0.1, 0.15) is 5.82 Å². The lowest BCUT2D eigenvalue weighted by atomic mass is 10.2. The van der Waals surface area contributed by atoms with Gasteiger partial charge in [-0.2, -0.15) is 0 Å². The summed E-state index contributed by atoms with van der Waals surface area (Å²) in [6.07, 6.45) is 3.50. The van der Waals surface area contributed by atoms with E-state index in [1.165, 1.54) is 5.39 Å². The molecule has 0 saturated carbocycles. The summed E-state index contributed by atoms with van der Waals surface area (Å²) in [7, 11) is 0. The number of allylic oxidation sites excluding steroid dienone is 1. The number of nitrogens with one attached hydrogen (secondary N) is 4. The summed E-state index contributed by atoms with van der Waals surface area (Å²) in [6.45, 7) is 2.06. The molecule has 0 aliphatic carbocycles. The molecule has 4 rings (SSSR count). The number of hydrogen-bond donors (Lipinski definition) is 4. The molecule has 6 heteroatoms. The van der Waals surface area contributed by atoms with Crippen molar-refractivity contribution >= 4 is 44.4 Å². The molecular weight excluding hydrogens is 378 g/mol. The van der Waals surface area contributed by atoms with Crippen molar-refractivity contribution in [3.63, 3.8) is 0 Å². The zero-order chi connectivity index (χ0) is 17.2. The van der Waals surface area contributed by atoms with Crippen LogP contribution in [0.15, 0.2) is 69.9 Å². The van der Waals surface area contributed by atoms with Crippen LogP contribution in [0.4, 0.5) is 11.4 Å². The molecule has 0 saturated heterocycles. The van der Waals surface area contributed by atoms with Crippen LogP contribution in [0.3, 0.4) is 0 Å². The first-order valence-corrected chi connectivity index (χ1v) is 8.83. The van der Waals surface area contributed by atoms with E-state index in [0.29, 0.717) is 0 Å². The summed E-state index contributed by atoms with van der Waals surface area (Å²) < 4.78 is 1.03. The Morgan fingerprint density at radius 1 is 1.08 bits per heavy atom. The van der Waals surface area contributed by atoms with Gasteiger partial charge in [-0.05, 0) is 55.5 Å². The monoisotopic (exact) mass is 395 g/mol. The van der Waals surface area contributed by atoms with Crippen LogP contribution >= 0.6 is 15.9 Å². The molecule has 1 unspecified atom stereocenters. The third kappa shape index (κ3) is 3.69. The highest BCUT2D eigenvalue weighted by Gasteiger charge is 2.11. The first-order valence-electron chi connectivity index (χ1n) is 8.04. The van der Waals surface area contributed by atoms with Gasteiger partial charge in [0.25, 0.3) is 0 Å². The van der Waals surface area contributed by atoms with Crippen molar-refractivity contribution in [2.75, 3.05) is 10.6 Å². The first kappa shape index (κ1) is 15.8. The van der Waals surface area contributed by atoms with Gasteiger partial charge in [0.05, 0.1) is 0 Å². The zero-order valence-electron chi connectivity index (χ0n) is 13.7. The normalized spacial score (nSPS) is 16.4. The minimum Gasteiger partial charge on any atom is -0.359 e. The van der Waals surface area contributed by atoms with Crippen LogP contribution in [0.5, 0.6) is 0 Å². The number of aromatic amines is 1. The van der Waals surface area contributed by atoms with Gasteiger partial charge in [-0.3, -0.25) is 0 Å². The van der Waals surface area contributed by atoms with Crippen molar-refractivity contribution in [3.05, 3.63) is 70.6 Å².